The Balaban J connectivity index is 2.45. The van der Waals surface area contributed by atoms with E-state index in [1.807, 2.05) is 37.3 Å². The molecular weight excluding hydrogens is 299 g/mol. The first-order valence-electron chi connectivity index (χ1n) is 7.48. The van der Waals surface area contributed by atoms with Gasteiger partial charge < -0.3 is 4.52 Å². The zero-order valence-electron chi connectivity index (χ0n) is 13.5. The molecule has 0 aromatic heterocycles. The second-order valence-electron chi connectivity index (χ2n) is 6.51. The molecule has 0 fully saturated rings. The van der Waals surface area contributed by atoms with Crippen LogP contribution in [0.2, 0.25) is 19.6 Å². The highest BCUT2D eigenvalue weighted by atomic mass is 31.2. The maximum Gasteiger partial charge on any atom is 0.353 e. The van der Waals surface area contributed by atoms with Crippen LogP contribution in [0.3, 0.4) is 0 Å². The van der Waals surface area contributed by atoms with E-state index in [2.05, 4.69) is 32.6 Å². The third-order valence-electron chi connectivity index (χ3n) is 3.64. The molecule has 116 valence electrons. The highest BCUT2D eigenvalue weighted by Crippen LogP contribution is 2.65. The molecule has 1 unspecified atom stereocenters. The average Bonchev–Trinajstić information content (AvgIpc) is 2.41. The van der Waals surface area contributed by atoms with Gasteiger partial charge in [-0.2, -0.15) is 0 Å². The van der Waals surface area contributed by atoms with E-state index in [1.165, 1.54) is 0 Å². The molecule has 1 heterocycles. The van der Waals surface area contributed by atoms with Gasteiger partial charge in [-0.25, -0.2) is 0 Å². The van der Waals surface area contributed by atoms with Crippen molar-refractivity contribution >= 4 is 15.7 Å². The molecule has 1 aliphatic rings. The summed E-state index contributed by atoms with van der Waals surface area (Å²) in [5.74, 6) is 0.191. The minimum Gasteiger partial charge on any atom is -0.306 e. The van der Waals surface area contributed by atoms with Crippen LogP contribution in [0, 0.1) is 5.92 Å². The fourth-order valence-electron chi connectivity index (χ4n) is 2.67. The maximum atomic E-state index is 13.3. The Morgan fingerprint density at radius 3 is 2.38 bits per heavy atom. The van der Waals surface area contributed by atoms with E-state index in [0.29, 0.717) is 6.61 Å². The summed E-state index contributed by atoms with van der Waals surface area (Å²) in [5, 5.41) is 0. The van der Waals surface area contributed by atoms with E-state index in [1.54, 1.807) is 0 Å². The summed E-state index contributed by atoms with van der Waals surface area (Å²) >= 11 is 0. The van der Waals surface area contributed by atoms with E-state index in [9.17, 15) is 4.57 Å². The predicted molar refractivity (Wildman–Crippen MR) is 90.1 cm³/mol. The van der Waals surface area contributed by atoms with Crippen LogP contribution in [-0.4, -0.2) is 14.7 Å². The topological polar surface area (TPSA) is 35.5 Å². The lowest BCUT2D eigenvalue weighted by Crippen LogP contribution is -2.30. The molecule has 21 heavy (non-hydrogen) atoms. The van der Waals surface area contributed by atoms with Gasteiger partial charge in [0.2, 0.25) is 0 Å². The molecule has 0 radical (unpaired) electrons. The Bertz CT molecular complexity index is 563. The van der Waals surface area contributed by atoms with Crippen LogP contribution >= 0.6 is 7.60 Å². The van der Waals surface area contributed by atoms with Crippen LogP contribution in [0.25, 0.3) is 0 Å². The number of benzene rings is 1. The molecule has 1 aliphatic heterocycles. The predicted octanol–water partition coefficient (Wildman–Crippen LogP) is 5.38. The third kappa shape index (κ3) is 3.57. The number of rotatable bonds is 4. The van der Waals surface area contributed by atoms with Gasteiger partial charge >= 0.3 is 7.60 Å². The molecule has 0 aliphatic carbocycles. The van der Waals surface area contributed by atoms with Crippen molar-refractivity contribution in [1.82, 2.24) is 0 Å². The minimum absolute atomic E-state index is 0.191. The van der Waals surface area contributed by atoms with Gasteiger partial charge in [0.15, 0.2) is 0 Å². The third-order valence-corrected chi connectivity index (χ3v) is 10.0. The molecule has 0 saturated carbocycles. The van der Waals surface area contributed by atoms with E-state index in [4.69, 9.17) is 9.05 Å². The van der Waals surface area contributed by atoms with E-state index < -0.39 is 15.7 Å². The fraction of sp³-hybridized carbons (Fsp3) is 0.500. The summed E-state index contributed by atoms with van der Waals surface area (Å²) in [6.07, 6.45) is 1.94. The second-order valence-corrected chi connectivity index (χ2v) is 13.9. The Labute approximate surface area is 128 Å². The first kappa shape index (κ1) is 16.7. The fourth-order valence-corrected chi connectivity index (χ4v) is 8.75. The van der Waals surface area contributed by atoms with Gasteiger partial charge in [-0.05, 0) is 12.5 Å². The largest absolute Gasteiger partial charge is 0.353 e. The highest BCUT2D eigenvalue weighted by Gasteiger charge is 2.45. The van der Waals surface area contributed by atoms with Gasteiger partial charge in [-0.3, -0.25) is 9.09 Å². The van der Waals surface area contributed by atoms with Gasteiger partial charge in [0.1, 0.15) is 0 Å². The lowest BCUT2D eigenvalue weighted by Gasteiger charge is -2.37. The molecule has 0 amide bonds. The lowest BCUT2D eigenvalue weighted by molar-refractivity contribution is 0.123. The maximum absolute atomic E-state index is 13.3. The van der Waals surface area contributed by atoms with Crippen LogP contribution in [-0.2, 0) is 13.6 Å². The van der Waals surface area contributed by atoms with Crippen molar-refractivity contribution < 1.29 is 13.6 Å². The van der Waals surface area contributed by atoms with Crippen LogP contribution in [0.5, 0.6) is 0 Å². The van der Waals surface area contributed by atoms with Gasteiger partial charge in [-0.15, -0.1) is 0 Å². The summed E-state index contributed by atoms with van der Waals surface area (Å²) in [7, 11) is -4.93. The zero-order valence-corrected chi connectivity index (χ0v) is 15.4. The number of hydrogen-bond acceptors (Lipinski definition) is 3. The van der Waals surface area contributed by atoms with Crippen molar-refractivity contribution in [3.8, 4) is 0 Å². The Kier molecular flexibility index (Phi) is 4.94. The summed E-state index contributed by atoms with van der Waals surface area (Å²) < 4.78 is 24.9. The molecule has 5 heteroatoms. The van der Waals surface area contributed by atoms with Crippen molar-refractivity contribution in [3.05, 3.63) is 46.9 Å². The first-order valence-corrected chi connectivity index (χ1v) is 12.5. The molecule has 3 atom stereocenters. The van der Waals surface area contributed by atoms with E-state index in [-0.39, 0.29) is 12.0 Å². The van der Waals surface area contributed by atoms with Gasteiger partial charge in [0, 0.05) is 10.9 Å². The molecule has 2 rings (SSSR count). The molecule has 0 N–H and O–H groups in total. The van der Waals surface area contributed by atoms with Gasteiger partial charge in [0.25, 0.3) is 0 Å². The zero-order chi connectivity index (χ0) is 15.7. The molecule has 0 saturated heterocycles. The van der Waals surface area contributed by atoms with Crippen LogP contribution in [0.1, 0.15) is 25.5 Å². The highest BCUT2D eigenvalue weighted by molar-refractivity contribution is 7.62. The first-order chi connectivity index (χ1) is 9.78. The molecule has 1 aromatic carbocycles. The molecule has 3 nitrogen and oxygen atoms in total. The van der Waals surface area contributed by atoms with E-state index in [0.717, 1.165) is 10.5 Å². The van der Waals surface area contributed by atoms with Crippen molar-refractivity contribution in [2.45, 2.75) is 39.6 Å². The minimum atomic E-state index is -3.18. The molecule has 0 bridgehead atoms. The quantitative estimate of drug-likeness (QED) is 0.550. The Morgan fingerprint density at radius 1 is 1.24 bits per heavy atom. The van der Waals surface area contributed by atoms with Crippen LogP contribution in [0.4, 0.5) is 0 Å². The molecular formula is C16H25O3PSi. The smallest absolute Gasteiger partial charge is 0.306 e. The van der Waals surface area contributed by atoms with Crippen molar-refractivity contribution in [3.63, 3.8) is 0 Å². The van der Waals surface area contributed by atoms with Gasteiger partial charge in [0.05, 0.1) is 20.8 Å². The summed E-state index contributed by atoms with van der Waals surface area (Å²) in [6, 6.07) is 9.97. The summed E-state index contributed by atoms with van der Waals surface area (Å²) in [6.45, 7) is 10.9. The van der Waals surface area contributed by atoms with Crippen molar-refractivity contribution in [2.24, 2.45) is 5.92 Å². The second kappa shape index (κ2) is 6.21. The van der Waals surface area contributed by atoms with E-state index >= 15 is 0 Å². The van der Waals surface area contributed by atoms with Crippen molar-refractivity contribution in [2.75, 3.05) is 6.61 Å². The Morgan fingerprint density at radius 2 is 1.86 bits per heavy atom. The normalized spacial score (nSPS) is 30.0. The summed E-state index contributed by atoms with van der Waals surface area (Å²) in [4.78, 5) is 0.927. The lowest BCUT2D eigenvalue weighted by atomic mass is 9.98. The van der Waals surface area contributed by atoms with Gasteiger partial charge in [-0.1, -0.05) is 63.0 Å². The Hall–Kier alpha value is -0.673. The standard InChI is InChI=1S/C16H25O3PSi/c1-6-18-20(17)15(21(3,4)5)12-13(2)16(19-20)14-10-8-7-9-11-14/h7-13,16H,6H2,1-5H3/t13-,16+,20?/m0/s1. The van der Waals surface area contributed by atoms with Crippen LogP contribution < -0.4 is 0 Å². The average molecular weight is 324 g/mol. The van der Waals surface area contributed by atoms with Crippen LogP contribution in [0.15, 0.2) is 41.3 Å². The SMILES string of the molecule is CCOP1(=O)O[C@@H](c2ccccc2)[C@@H](C)C=C1[Si](C)(C)C. The monoisotopic (exact) mass is 324 g/mol. The molecule has 0 spiro atoms. The summed E-state index contributed by atoms with van der Waals surface area (Å²) in [5.41, 5.74) is 1.05. The number of hydrogen-bond donors (Lipinski definition) is 0. The van der Waals surface area contributed by atoms with Crippen molar-refractivity contribution in [1.29, 1.82) is 0 Å². The molecule has 1 aromatic rings.